The second-order valence-corrected chi connectivity index (χ2v) is 7.62. The van der Waals surface area contributed by atoms with Gasteiger partial charge in [0.25, 0.3) is 0 Å². The Labute approximate surface area is 148 Å². The van der Waals surface area contributed by atoms with Crippen LogP contribution in [0.15, 0.2) is 24.3 Å². The molecule has 0 heterocycles. The molecule has 0 atom stereocenters. The number of rotatable bonds is 6. The molecule has 1 aromatic rings. The predicted octanol–water partition coefficient (Wildman–Crippen LogP) is 5.38. The summed E-state index contributed by atoms with van der Waals surface area (Å²) in [7, 11) is 0. The van der Waals surface area contributed by atoms with E-state index in [0.29, 0.717) is 30.5 Å². The fraction of sp³-hybridized carbons (Fsp3) is 0.650. The van der Waals surface area contributed by atoms with E-state index < -0.39 is 12.6 Å². The van der Waals surface area contributed by atoms with Gasteiger partial charge in [-0.15, -0.1) is 0 Å². The van der Waals surface area contributed by atoms with Crippen LogP contribution < -0.4 is 5.32 Å². The summed E-state index contributed by atoms with van der Waals surface area (Å²) >= 11 is 0. The fourth-order valence-corrected chi connectivity index (χ4v) is 3.86. The number of hydrogen-bond donors (Lipinski definition) is 1. The molecule has 1 N–H and O–H groups in total. The zero-order chi connectivity index (χ0) is 18.5. The minimum atomic E-state index is -4.17. The Morgan fingerprint density at radius 1 is 1.24 bits per heavy atom. The number of benzene rings is 1. The van der Waals surface area contributed by atoms with Gasteiger partial charge in [-0.3, -0.25) is 0 Å². The SMILES string of the molecule is CC(C)C1(CC#N)CCC(NCc2cccc(CC(F)(F)F)c2)CC1. The Bertz CT molecular complexity index is 594. The molecule has 0 saturated heterocycles. The van der Waals surface area contributed by atoms with Crippen molar-refractivity contribution in [3.63, 3.8) is 0 Å². The van der Waals surface area contributed by atoms with Crippen molar-refractivity contribution in [1.29, 1.82) is 5.26 Å². The van der Waals surface area contributed by atoms with Crippen LogP contribution in [0.2, 0.25) is 0 Å². The van der Waals surface area contributed by atoms with E-state index in [1.807, 2.05) is 6.07 Å². The molecule has 2 nitrogen and oxygen atoms in total. The zero-order valence-corrected chi connectivity index (χ0v) is 15.0. The van der Waals surface area contributed by atoms with Crippen LogP contribution in [0.1, 0.15) is 57.1 Å². The molecule has 0 unspecified atom stereocenters. The van der Waals surface area contributed by atoms with Crippen molar-refractivity contribution >= 4 is 0 Å². The Morgan fingerprint density at radius 2 is 1.88 bits per heavy atom. The van der Waals surface area contributed by atoms with Crippen LogP contribution in [-0.4, -0.2) is 12.2 Å². The summed E-state index contributed by atoms with van der Waals surface area (Å²) < 4.78 is 37.5. The molecule has 0 aromatic heterocycles. The van der Waals surface area contributed by atoms with E-state index in [4.69, 9.17) is 5.26 Å². The van der Waals surface area contributed by atoms with Gasteiger partial charge < -0.3 is 5.32 Å². The van der Waals surface area contributed by atoms with E-state index in [9.17, 15) is 13.2 Å². The Kier molecular flexibility index (Phi) is 6.51. The second kappa shape index (κ2) is 8.23. The first-order valence-corrected chi connectivity index (χ1v) is 8.99. The summed E-state index contributed by atoms with van der Waals surface area (Å²) in [6.07, 6.45) is -0.346. The lowest BCUT2D eigenvalue weighted by Crippen LogP contribution is -2.39. The third-order valence-electron chi connectivity index (χ3n) is 5.63. The molecular formula is C20H27F3N2. The van der Waals surface area contributed by atoms with Gasteiger partial charge in [0.2, 0.25) is 0 Å². The lowest BCUT2D eigenvalue weighted by atomic mass is 9.64. The third-order valence-corrected chi connectivity index (χ3v) is 5.63. The van der Waals surface area contributed by atoms with Gasteiger partial charge in [-0.1, -0.05) is 38.1 Å². The van der Waals surface area contributed by atoms with Crippen LogP contribution in [0.25, 0.3) is 0 Å². The molecule has 0 amide bonds. The van der Waals surface area contributed by atoms with Crippen LogP contribution in [0.5, 0.6) is 0 Å². The quantitative estimate of drug-likeness (QED) is 0.746. The molecule has 1 aliphatic carbocycles. The van der Waals surface area contributed by atoms with Crippen LogP contribution >= 0.6 is 0 Å². The standard InChI is InChI=1S/C20H27F3N2/c1-15(2)19(10-11-24)8-6-18(7-9-19)25-14-17-5-3-4-16(12-17)13-20(21,22)23/h3-5,12,15,18,25H,6-10,13-14H2,1-2H3. The Morgan fingerprint density at radius 3 is 2.44 bits per heavy atom. The highest BCUT2D eigenvalue weighted by molar-refractivity contribution is 5.24. The zero-order valence-electron chi connectivity index (χ0n) is 15.0. The fourth-order valence-electron chi connectivity index (χ4n) is 3.86. The van der Waals surface area contributed by atoms with Gasteiger partial charge in [0, 0.05) is 19.0 Å². The van der Waals surface area contributed by atoms with Crippen molar-refractivity contribution in [2.24, 2.45) is 11.3 Å². The van der Waals surface area contributed by atoms with E-state index in [1.54, 1.807) is 12.1 Å². The average Bonchev–Trinajstić information content (AvgIpc) is 2.53. The smallest absolute Gasteiger partial charge is 0.310 e. The molecule has 0 aliphatic heterocycles. The maximum Gasteiger partial charge on any atom is 0.393 e. The van der Waals surface area contributed by atoms with Gasteiger partial charge in [-0.2, -0.15) is 18.4 Å². The summed E-state index contributed by atoms with van der Waals surface area (Å²) in [4.78, 5) is 0. The van der Waals surface area contributed by atoms with Crippen LogP contribution in [0.4, 0.5) is 13.2 Å². The minimum Gasteiger partial charge on any atom is -0.310 e. The van der Waals surface area contributed by atoms with Gasteiger partial charge in [-0.25, -0.2) is 0 Å². The molecule has 0 bridgehead atoms. The van der Waals surface area contributed by atoms with Crippen molar-refractivity contribution < 1.29 is 13.2 Å². The number of alkyl halides is 3. The Hall–Kier alpha value is -1.54. The summed E-state index contributed by atoms with van der Waals surface area (Å²) in [5.74, 6) is 0.493. The second-order valence-electron chi connectivity index (χ2n) is 7.62. The van der Waals surface area contributed by atoms with Crippen LogP contribution in [0, 0.1) is 22.7 Å². The molecule has 138 valence electrons. The molecule has 1 aliphatic rings. The summed E-state index contributed by atoms with van der Waals surface area (Å²) in [6, 6.07) is 9.43. The molecule has 1 fully saturated rings. The van der Waals surface area contributed by atoms with E-state index >= 15 is 0 Å². The van der Waals surface area contributed by atoms with Crippen molar-refractivity contribution in [2.75, 3.05) is 0 Å². The largest absolute Gasteiger partial charge is 0.393 e. The van der Waals surface area contributed by atoms with Crippen molar-refractivity contribution in [1.82, 2.24) is 5.32 Å². The number of nitriles is 1. The van der Waals surface area contributed by atoms with E-state index in [2.05, 4.69) is 25.2 Å². The molecular weight excluding hydrogens is 325 g/mol. The number of hydrogen-bond acceptors (Lipinski definition) is 2. The van der Waals surface area contributed by atoms with Gasteiger partial charge in [0.1, 0.15) is 0 Å². The molecule has 1 saturated carbocycles. The molecule has 0 radical (unpaired) electrons. The maximum absolute atomic E-state index is 12.5. The summed E-state index contributed by atoms with van der Waals surface area (Å²) in [6.45, 7) is 4.97. The Balaban J connectivity index is 1.87. The minimum absolute atomic E-state index is 0.125. The normalized spacial score (nSPS) is 24.3. The van der Waals surface area contributed by atoms with Crippen LogP contribution in [-0.2, 0) is 13.0 Å². The number of nitrogens with one attached hydrogen (secondary N) is 1. The molecule has 1 aromatic carbocycles. The van der Waals surface area contributed by atoms with Gasteiger partial charge in [0.15, 0.2) is 0 Å². The highest BCUT2D eigenvalue weighted by atomic mass is 19.4. The van der Waals surface area contributed by atoms with E-state index in [0.717, 1.165) is 31.2 Å². The summed E-state index contributed by atoms with van der Waals surface area (Å²) in [5.41, 5.74) is 1.32. The van der Waals surface area contributed by atoms with Crippen molar-refractivity contribution in [2.45, 2.75) is 71.1 Å². The predicted molar refractivity (Wildman–Crippen MR) is 92.8 cm³/mol. The maximum atomic E-state index is 12.5. The first-order chi connectivity index (χ1) is 11.7. The first kappa shape index (κ1) is 19.8. The average molecular weight is 352 g/mol. The van der Waals surface area contributed by atoms with Gasteiger partial charge in [-0.05, 0) is 48.1 Å². The third kappa shape index (κ3) is 5.74. The van der Waals surface area contributed by atoms with Crippen molar-refractivity contribution in [3.05, 3.63) is 35.4 Å². The molecule has 2 rings (SSSR count). The van der Waals surface area contributed by atoms with E-state index in [1.165, 1.54) is 6.07 Å². The molecule has 5 heteroatoms. The number of nitrogens with zero attached hydrogens (tertiary/aromatic N) is 1. The monoisotopic (exact) mass is 352 g/mol. The van der Waals surface area contributed by atoms with Gasteiger partial charge >= 0.3 is 6.18 Å². The summed E-state index contributed by atoms with van der Waals surface area (Å²) in [5, 5.41) is 12.6. The first-order valence-electron chi connectivity index (χ1n) is 8.99. The highest BCUT2D eigenvalue weighted by Crippen LogP contribution is 2.45. The number of halogens is 3. The van der Waals surface area contributed by atoms with Crippen molar-refractivity contribution in [3.8, 4) is 6.07 Å². The topological polar surface area (TPSA) is 35.8 Å². The van der Waals surface area contributed by atoms with Gasteiger partial charge in [0.05, 0.1) is 12.5 Å². The lowest BCUT2D eigenvalue weighted by Gasteiger charge is -2.42. The van der Waals surface area contributed by atoms with Crippen LogP contribution in [0.3, 0.4) is 0 Å². The van der Waals surface area contributed by atoms with E-state index in [-0.39, 0.29) is 5.41 Å². The lowest BCUT2D eigenvalue weighted by molar-refractivity contribution is -0.127. The molecule has 25 heavy (non-hydrogen) atoms. The molecule has 0 spiro atoms. The highest BCUT2D eigenvalue weighted by Gasteiger charge is 2.37.